The molecule has 0 heterocycles. The van der Waals surface area contributed by atoms with Gasteiger partial charge in [0.1, 0.15) is 12.6 Å². The van der Waals surface area contributed by atoms with Gasteiger partial charge in [0.2, 0.25) is 0 Å². The van der Waals surface area contributed by atoms with Gasteiger partial charge in [-0.25, -0.2) is 4.57 Å². The lowest BCUT2D eigenvalue weighted by atomic mass is 10.1. The van der Waals surface area contributed by atoms with Gasteiger partial charge in [0, 0.05) is 12.8 Å². The number of ether oxygens (including phenoxy) is 2. The maximum absolute atomic E-state index is 12.5. The molecule has 290 valence electrons. The predicted octanol–water partition coefficient (Wildman–Crippen LogP) is 9.28. The number of phosphoric acid groups is 1. The van der Waals surface area contributed by atoms with Crippen LogP contribution in [0.15, 0.2) is 36.5 Å². The lowest BCUT2D eigenvalue weighted by Gasteiger charge is -2.20. The third-order valence-electron chi connectivity index (χ3n) is 7.89. The molecule has 0 aliphatic rings. The molecular formula is C38H68NO10P. The van der Waals surface area contributed by atoms with E-state index in [0.29, 0.717) is 12.8 Å². The minimum absolute atomic E-state index is 0.113. The number of hydrogen-bond donors (Lipinski definition) is 3. The van der Waals surface area contributed by atoms with Crippen molar-refractivity contribution in [3.8, 4) is 0 Å². The van der Waals surface area contributed by atoms with Crippen LogP contribution in [0.4, 0.5) is 0 Å². The summed E-state index contributed by atoms with van der Waals surface area (Å²) in [6.45, 7) is 2.70. The number of phosphoric ester groups is 1. The molecule has 0 aromatic heterocycles. The third kappa shape index (κ3) is 32.9. The monoisotopic (exact) mass is 729 g/mol. The Hall–Kier alpha value is -2.30. The fourth-order valence-electron chi connectivity index (χ4n) is 4.83. The number of carbonyl (C=O) groups is 3. The summed E-state index contributed by atoms with van der Waals surface area (Å²) in [7, 11) is -4.72. The fourth-order valence-corrected chi connectivity index (χ4v) is 5.61. The Balaban J connectivity index is 4.53. The molecule has 0 aromatic carbocycles. The summed E-state index contributed by atoms with van der Waals surface area (Å²) in [5, 5.41) is 8.85. The number of carboxylic acids is 1. The van der Waals surface area contributed by atoms with E-state index in [4.69, 9.17) is 24.8 Å². The van der Waals surface area contributed by atoms with Crippen LogP contribution < -0.4 is 5.73 Å². The molecule has 3 atom stereocenters. The van der Waals surface area contributed by atoms with Gasteiger partial charge in [-0.2, -0.15) is 0 Å². The number of hydrogen-bond acceptors (Lipinski definition) is 9. The van der Waals surface area contributed by atoms with Crippen LogP contribution in [0.3, 0.4) is 0 Å². The van der Waals surface area contributed by atoms with E-state index in [9.17, 15) is 23.8 Å². The molecular weight excluding hydrogens is 661 g/mol. The summed E-state index contributed by atoms with van der Waals surface area (Å²) in [5.74, 6) is -2.43. The van der Waals surface area contributed by atoms with Gasteiger partial charge in [-0.05, 0) is 51.4 Å². The first kappa shape index (κ1) is 47.7. The van der Waals surface area contributed by atoms with Crippen molar-refractivity contribution in [2.45, 2.75) is 167 Å². The molecule has 0 amide bonds. The molecule has 11 nitrogen and oxygen atoms in total. The third-order valence-corrected chi connectivity index (χ3v) is 8.84. The summed E-state index contributed by atoms with van der Waals surface area (Å²) < 4.78 is 32.5. The Morgan fingerprint density at radius 2 is 1.06 bits per heavy atom. The maximum Gasteiger partial charge on any atom is 0.472 e. The number of aliphatic carboxylic acids is 1. The highest BCUT2D eigenvalue weighted by atomic mass is 31.2. The van der Waals surface area contributed by atoms with Crippen molar-refractivity contribution in [1.82, 2.24) is 0 Å². The molecule has 1 unspecified atom stereocenters. The zero-order valence-corrected chi connectivity index (χ0v) is 31.9. The van der Waals surface area contributed by atoms with E-state index in [1.807, 2.05) is 0 Å². The van der Waals surface area contributed by atoms with Crippen molar-refractivity contribution in [2.75, 3.05) is 19.8 Å². The Bertz CT molecular complexity index is 1000. The predicted molar refractivity (Wildman–Crippen MR) is 199 cm³/mol. The quantitative estimate of drug-likeness (QED) is 0.0246. The number of carboxylic acid groups (broad SMARTS) is 1. The molecule has 0 fully saturated rings. The van der Waals surface area contributed by atoms with Crippen molar-refractivity contribution in [3.05, 3.63) is 36.5 Å². The Morgan fingerprint density at radius 3 is 1.62 bits per heavy atom. The van der Waals surface area contributed by atoms with Gasteiger partial charge in [-0.3, -0.25) is 23.4 Å². The summed E-state index contributed by atoms with van der Waals surface area (Å²) in [6.07, 6.45) is 33.6. The van der Waals surface area contributed by atoms with E-state index >= 15 is 0 Å². The summed E-state index contributed by atoms with van der Waals surface area (Å²) in [5.41, 5.74) is 5.31. The molecule has 0 aromatic rings. The van der Waals surface area contributed by atoms with E-state index in [1.165, 1.54) is 64.2 Å². The van der Waals surface area contributed by atoms with E-state index in [2.05, 4.69) is 54.8 Å². The zero-order chi connectivity index (χ0) is 37.1. The van der Waals surface area contributed by atoms with Crippen molar-refractivity contribution in [2.24, 2.45) is 5.73 Å². The SMILES string of the molecule is CCCCC/C=C\C/C=C\C/C=C\CCCCC(=O)O[C@H](COC(=O)CCCCCCCCCCCCC)COP(=O)(O)OC[C@H](N)C(=O)O. The maximum atomic E-state index is 12.5. The fraction of sp³-hybridized carbons (Fsp3) is 0.763. The number of unbranched alkanes of at least 4 members (excludes halogenated alkanes) is 15. The normalized spacial score (nSPS) is 14.3. The number of carbonyl (C=O) groups excluding carboxylic acids is 2. The van der Waals surface area contributed by atoms with E-state index in [-0.39, 0.29) is 19.4 Å². The highest BCUT2D eigenvalue weighted by Crippen LogP contribution is 2.43. The van der Waals surface area contributed by atoms with E-state index in [1.54, 1.807) is 0 Å². The molecule has 0 saturated carbocycles. The highest BCUT2D eigenvalue weighted by molar-refractivity contribution is 7.47. The molecule has 0 saturated heterocycles. The number of nitrogens with two attached hydrogens (primary N) is 1. The van der Waals surface area contributed by atoms with Crippen LogP contribution in [0, 0.1) is 0 Å². The first-order chi connectivity index (χ1) is 24.1. The summed E-state index contributed by atoms with van der Waals surface area (Å²) in [4.78, 5) is 45.7. The Labute approximate surface area is 302 Å². The average Bonchev–Trinajstić information content (AvgIpc) is 3.09. The first-order valence-corrected chi connectivity index (χ1v) is 20.5. The molecule has 0 radical (unpaired) electrons. The number of rotatable bonds is 35. The van der Waals surface area contributed by atoms with Gasteiger partial charge in [0.15, 0.2) is 6.10 Å². The van der Waals surface area contributed by atoms with Crippen molar-refractivity contribution < 1.29 is 47.5 Å². The van der Waals surface area contributed by atoms with Crippen LogP contribution in [-0.4, -0.2) is 59.9 Å². The largest absolute Gasteiger partial charge is 0.480 e. The minimum Gasteiger partial charge on any atom is -0.480 e. The Morgan fingerprint density at radius 1 is 0.620 bits per heavy atom. The van der Waals surface area contributed by atoms with Gasteiger partial charge in [0.25, 0.3) is 0 Å². The molecule has 0 rings (SSSR count). The molecule has 0 spiro atoms. The molecule has 12 heteroatoms. The van der Waals surface area contributed by atoms with Crippen molar-refractivity contribution in [1.29, 1.82) is 0 Å². The Kier molecular flexibility index (Phi) is 32.3. The van der Waals surface area contributed by atoms with Gasteiger partial charge < -0.3 is 25.2 Å². The first-order valence-electron chi connectivity index (χ1n) is 19.0. The summed E-state index contributed by atoms with van der Waals surface area (Å²) in [6, 6.07) is -1.53. The second-order valence-electron chi connectivity index (χ2n) is 12.7. The highest BCUT2D eigenvalue weighted by Gasteiger charge is 2.28. The van der Waals surface area contributed by atoms with E-state index in [0.717, 1.165) is 51.4 Å². The molecule has 50 heavy (non-hydrogen) atoms. The number of allylic oxidation sites excluding steroid dienone is 6. The molecule has 4 N–H and O–H groups in total. The number of esters is 2. The molecule has 0 bridgehead atoms. The molecule has 0 aliphatic heterocycles. The molecule has 0 aliphatic carbocycles. The van der Waals surface area contributed by atoms with Crippen LogP contribution in [0.5, 0.6) is 0 Å². The van der Waals surface area contributed by atoms with Crippen molar-refractivity contribution >= 4 is 25.7 Å². The van der Waals surface area contributed by atoms with Crippen LogP contribution in [0.25, 0.3) is 0 Å². The average molecular weight is 730 g/mol. The van der Waals surface area contributed by atoms with Gasteiger partial charge in [-0.15, -0.1) is 0 Å². The lowest BCUT2D eigenvalue weighted by Crippen LogP contribution is -2.34. The van der Waals surface area contributed by atoms with Crippen LogP contribution in [0.1, 0.15) is 155 Å². The lowest BCUT2D eigenvalue weighted by molar-refractivity contribution is -0.161. The smallest absolute Gasteiger partial charge is 0.472 e. The van der Waals surface area contributed by atoms with Crippen LogP contribution in [-0.2, 0) is 37.5 Å². The van der Waals surface area contributed by atoms with Crippen molar-refractivity contribution in [3.63, 3.8) is 0 Å². The second-order valence-corrected chi connectivity index (χ2v) is 14.2. The van der Waals surface area contributed by atoms with Gasteiger partial charge >= 0.3 is 25.7 Å². The van der Waals surface area contributed by atoms with Gasteiger partial charge in [-0.1, -0.05) is 127 Å². The van der Waals surface area contributed by atoms with Crippen LogP contribution in [0.2, 0.25) is 0 Å². The van der Waals surface area contributed by atoms with E-state index < -0.39 is 51.1 Å². The minimum atomic E-state index is -4.72. The standard InChI is InChI=1S/C38H68NO10P/c1-3-5-7-9-11-13-15-16-17-18-20-22-24-26-28-30-37(41)49-34(32-47-50(44,45)48-33-35(39)38(42)43)31-46-36(40)29-27-25-23-21-19-14-12-10-8-6-4-2/h11,13,16-17,20,22,34-35H,3-10,12,14-15,18-19,21,23-33,39H2,1-2H3,(H,42,43)(H,44,45)/b13-11-,17-16-,22-20-/t34-,35+/m1/s1. The summed E-state index contributed by atoms with van der Waals surface area (Å²) >= 11 is 0. The van der Waals surface area contributed by atoms with Gasteiger partial charge in [0.05, 0.1) is 13.2 Å². The van der Waals surface area contributed by atoms with Crippen LogP contribution >= 0.6 is 7.82 Å². The topological polar surface area (TPSA) is 172 Å². The zero-order valence-electron chi connectivity index (χ0n) is 31.0. The second kappa shape index (κ2) is 33.8.